The largest absolute Gasteiger partial charge is 0.399 e. The highest BCUT2D eigenvalue weighted by Gasteiger charge is 2.03. The number of nitrogens with two attached hydrogens (primary N) is 1. The molecule has 0 unspecified atom stereocenters. The van der Waals surface area contributed by atoms with Crippen LogP contribution in [0.5, 0.6) is 0 Å². The van der Waals surface area contributed by atoms with Crippen molar-refractivity contribution in [2.24, 2.45) is 0 Å². The van der Waals surface area contributed by atoms with E-state index >= 15 is 0 Å². The summed E-state index contributed by atoms with van der Waals surface area (Å²) in [5.41, 5.74) is 8.49. The van der Waals surface area contributed by atoms with Crippen molar-refractivity contribution in [2.45, 2.75) is 17.8 Å². The molecule has 0 aliphatic heterocycles. The third-order valence-electron chi connectivity index (χ3n) is 2.18. The van der Waals surface area contributed by atoms with E-state index in [-0.39, 0.29) is 0 Å². The highest BCUT2D eigenvalue weighted by atomic mass is 35.5. The first-order chi connectivity index (χ1) is 8.15. The van der Waals surface area contributed by atoms with Crippen LogP contribution >= 0.6 is 23.4 Å². The summed E-state index contributed by atoms with van der Waals surface area (Å²) in [6.07, 6.45) is 3.60. The molecule has 0 saturated heterocycles. The second-order valence-corrected chi connectivity index (χ2v) is 5.03. The number of rotatable bonds is 3. The molecule has 17 heavy (non-hydrogen) atoms. The molecule has 0 saturated carbocycles. The Hall–Kier alpha value is -1.26. The van der Waals surface area contributed by atoms with Gasteiger partial charge >= 0.3 is 0 Å². The summed E-state index contributed by atoms with van der Waals surface area (Å²) in [5, 5.41) is 1.47. The van der Waals surface area contributed by atoms with E-state index < -0.39 is 0 Å². The third-order valence-corrected chi connectivity index (χ3v) is 3.48. The fraction of sp³-hybridized carbons (Fsp3) is 0.167. The van der Waals surface area contributed by atoms with Crippen molar-refractivity contribution in [2.75, 3.05) is 5.73 Å². The average molecular weight is 266 g/mol. The third kappa shape index (κ3) is 3.35. The topological polar surface area (TPSA) is 51.8 Å². The second-order valence-electron chi connectivity index (χ2n) is 3.68. The first kappa shape index (κ1) is 12.2. The maximum absolute atomic E-state index is 6.08. The first-order valence-electron chi connectivity index (χ1n) is 5.10. The van der Waals surface area contributed by atoms with Gasteiger partial charge in [0.25, 0.3) is 0 Å². The van der Waals surface area contributed by atoms with Gasteiger partial charge in [-0.05, 0) is 36.2 Å². The van der Waals surface area contributed by atoms with Crippen LogP contribution < -0.4 is 5.73 Å². The standard InChI is InChI=1S/C12H12ClN3S/c1-8-5-15-12(16-6-8)17-7-9-4-10(14)2-3-11(9)13/h2-6H,7,14H2,1H3. The minimum Gasteiger partial charge on any atom is -0.399 e. The average Bonchev–Trinajstić information content (AvgIpc) is 2.32. The Morgan fingerprint density at radius 2 is 2.00 bits per heavy atom. The van der Waals surface area contributed by atoms with E-state index in [4.69, 9.17) is 17.3 Å². The van der Waals surface area contributed by atoms with Gasteiger partial charge in [-0.3, -0.25) is 0 Å². The zero-order valence-corrected chi connectivity index (χ0v) is 10.9. The molecule has 3 nitrogen and oxygen atoms in total. The van der Waals surface area contributed by atoms with Crippen molar-refractivity contribution < 1.29 is 0 Å². The molecule has 2 N–H and O–H groups in total. The van der Waals surface area contributed by atoms with Crippen LogP contribution in [-0.4, -0.2) is 9.97 Å². The van der Waals surface area contributed by atoms with Crippen LogP contribution in [0.25, 0.3) is 0 Å². The fourth-order valence-electron chi connectivity index (χ4n) is 1.30. The van der Waals surface area contributed by atoms with Gasteiger partial charge in [-0.2, -0.15) is 0 Å². The van der Waals surface area contributed by atoms with Crippen LogP contribution in [-0.2, 0) is 5.75 Å². The van der Waals surface area contributed by atoms with Gasteiger partial charge in [-0.15, -0.1) is 0 Å². The van der Waals surface area contributed by atoms with E-state index in [1.165, 1.54) is 0 Å². The molecule has 0 aliphatic carbocycles. The van der Waals surface area contributed by atoms with Crippen LogP contribution in [0, 0.1) is 6.92 Å². The molecule has 1 heterocycles. The molecule has 0 atom stereocenters. The van der Waals surface area contributed by atoms with Gasteiger partial charge in [-0.1, -0.05) is 23.4 Å². The molecule has 1 aromatic carbocycles. The summed E-state index contributed by atoms with van der Waals surface area (Å²) in [4.78, 5) is 8.45. The highest BCUT2D eigenvalue weighted by molar-refractivity contribution is 7.98. The molecular formula is C12H12ClN3S. The molecular weight excluding hydrogens is 254 g/mol. The van der Waals surface area contributed by atoms with E-state index in [0.717, 1.165) is 27.0 Å². The van der Waals surface area contributed by atoms with Crippen LogP contribution in [0.1, 0.15) is 11.1 Å². The quantitative estimate of drug-likeness (QED) is 0.526. The van der Waals surface area contributed by atoms with E-state index in [1.54, 1.807) is 30.2 Å². The van der Waals surface area contributed by atoms with E-state index in [1.807, 2.05) is 19.1 Å². The molecule has 0 fully saturated rings. The van der Waals surface area contributed by atoms with Gasteiger partial charge in [0.1, 0.15) is 0 Å². The lowest BCUT2D eigenvalue weighted by atomic mass is 10.2. The Labute approximate surface area is 109 Å². The van der Waals surface area contributed by atoms with Gasteiger partial charge in [0, 0.05) is 28.9 Å². The summed E-state index contributed by atoms with van der Waals surface area (Å²) in [7, 11) is 0. The van der Waals surface area contributed by atoms with Gasteiger partial charge in [0.05, 0.1) is 0 Å². The van der Waals surface area contributed by atoms with Crippen molar-refractivity contribution in [1.29, 1.82) is 0 Å². The Morgan fingerprint density at radius 3 is 2.71 bits per heavy atom. The fourth-order valence-corrected chi connectivity index (χ4v) is 2.34. The molecule has 2 aromatic rings. The smallest absolute Gasteiger partial charge is 0.187 e. The number of anilines is 1. The maximum atomic E-state index is 6.08. The van der Waals surface area contributed by atoms with Gasteiger partial charge in [-0.25, -0.2) is 9.97 Å². The normalized spacial score (nSPS) is 10.5. The number of aryl methyl sites for hydroxylation is 1. The number of nitrogens with zero attached hydrogens (tertiary/aromatic N) is 2. The number of hydrogen-bond acceptors (Lipinski definition) is 4. The Balaban J connectivity index is 2.07. The summed E-state index contributed by atoms with van der Waals surface area (Å²) in [6, 6.07) is 5.48. The number of halogens is 1. The van der Waals surface area contributed by atoms with Gasteiger partial charge in [0.2, 0.25) is 0 Å². The predicted octanol–water partition coefficient (Wildman–Crippen LogP) is 3.31. The van der Waals surface area contributed by atoms with Crippen molar-refractivity contribution in [3.05, 3.63) is 46.7 Å². The number of benzene rings is 1. The SMILES string of the molecule is Cc1cnc(SCc2cc(N)ccc2Cl)nc1. The monoisotopic (exact) mass is 265 g/mol. The summed E-state index contributed by atoms with van der Waals surface area (Å²) >= 11 is 7.62. The number of hydrogen-bond donors (Lipinski definition) is 1. The highest BCUT2D eigenvalue weighted by Crippen LogP contribution is 2.26. The lowest BCUT2D eigenvalue weighted by Crippen LogP contribution is -1.91. The predicted molar refractivity (Wildman–Crippen MR) is 72.2 cm³/mol. The van der Waals surface area contributed by atoms with Crippen molar-refractivity contribution in [3.8, 4) is 0 Å². The summed E-state index contributed by atoms with van der Waals surface area (Å²) in [6.45, 7) is 1.96. The first-order valence-corrected chi connectivity index (χ1v) is 6.47. The summed E-state index contributed by atoms with van der Waals surface area (Å²) in [5.74, 6) is 0.715. The molecule has 0 aliphatic rings. The lowest BCUT2D eigenvalue weighted by Gasteiger charge is -2.04. The van der Waals surface area contributed by atoms with E-state index in [9.17, 15) is 0 Å². The number of thioether (sulfide) groups is 1. The van der Waals surface area contributed by atoms with Crippen LogP contribution in [0.15, 0.2) is 35.7 Å². The molecule has 0 spiro atoms. The Kier molecular flexibility index (Phi) is 3.86. The molecule has 5 heteroatoms. The van der Waals surface area contributed by atoms with Crippen LogP contribution in [0.2, 0.25) is 5.02 Å². The number of nitrogen functional groups attached to an aromatic ring is 1. The molecule has 0 amide bonds. The Morgan fingerprint density at radius 1 is 1.29 bits per heavy atom. The minimum absolute atomic E-state index is 0.715. The molecule has 1 aromatic heterocycles. The van der Waals surface area contributed by atoms with Crippen LogP contribution in [0.4, 0.5) is 5.69 Å². The van der Waals surface area contributed by atoms with Crippen LogP contribution in [0.3, 0.4) is 0 Å². The lowest BCUT2D eigenvalue weighted by molar-refractivity contribution is 0.949. The minimum atomic E-state index is 0.715. The van der Waals surface area contributed by atoms with Crippen molar-refractivity contribution >= 4 is 29.1 Å². The zero-order chi connectivity index (χ0) is 12.3. The summed E-state index contributed by atoms with van der Waals surface area (Å²) < 4.78 is 0. The molecule has 0 bridgehead atoms. The van der Waals surface area contributed by atoms with E-state index in [2.05, 4.69) is 9.97 Å². The maximum Gasteiger partial charge on any atom is 0.187 e. The molecule has 88 valence electrons. The second kappa shape index (κ2) is 5.38. The van der Waals surface area contributed by atoms with E-state index in [0.29, 0.717) is 5.75 Å². The van der Waals surface area contributed by atoms with Crippen molar-refractivity contribution in [3.63, 3.8) is 0 Å². The molecule has 2 rings (SSSR count). The van der Waals surface area contributed by atoms with Gasteiger partial charge in [0.15, 0.2) is 5.16 Å². The van der Waals surface area contributed by atoms with Crippen molar-refractivity contribution in [1.82, 2.24) is 9.97 Å². The molecule has 0 radical (unpaired) electrons. The zero-order valence-electron chi connectivity index (χ0n) is 9.35. The number of aromatic nitrogens is 2. The Bertz CT molecular complexity index is 514. The van der Waals surface area contributed by atoms with Gasteiger partial charge < -0.3 is 5.73 Å².